The summed E-state index contributed by atoms with van der Waals surface area (Å²) in [5.74, 6) is 0.0527. The quantitative estimate of drug-likeness (QED) is 0.786. The molecule has 0 aliphatic carbocycles. The first kappa shape index (κ1) is 11.2. The minimum Gasteiger partial charge on any atom is -0.471 e. The van der Waals surface area contributed by atoms with Crippen LogP contribution in [0, 0.1) is 0 Å². The van der Waals surface area contributed by atoms with Crippen LogP contribution < -0.4 is 0 Å². The smallest absolute Gasteiger partial charge is 0.251 e. The van der Waals surface area contributed by atoms with Gasteiger partial charge >= 0.3 is 0 Å². The molecule has 0 N–H and O–H groups in total. The second-order valence-corrected chi connectivity index (χ2v) is 4.54. The van der Waals surface area contributed by atoms with Gasteiger partial charge < -0.3 is 9.64 Å². The van der Waals surface area contributed by atoms with Gasteiger partial charge in [-0.2, -0.15) is 0 Å². The average molecular weight is 245 g/mol. The highest BCUT2D eigenvalue weighted by molar-refractivity contribution is 5.85. The van der Waals surface area contributed by atoms with E-state index in [1.165, 1.54) is 6.40 Å². The molecule has 1 aromatic heterocycles. The molecule has 1 aromatic rings. The molecule has 0 aromatic carbocycles. The molecule has 2 aliphatic heterocycles. The van der Waals surface area contributed by atoms with Crippen molar-refractivity contribution in [3.8, 4) is 0 Å². The van der Waals surface area contributed by atoms with Crippen molar-refractivity contribution in [2.75, 3.05) is 13.1 Å². The fraction of sp³-hybridized carbons (Fsp3) is 0.462. The lowest BCUT2D eigenvalue weighted by Gasteiger charge is -2.21. The number of rotatable bonds is 2. The van der Waals surface area contributed by atoms with E-state index >= 15 is 0 Å². The zero-order valence-electron chi connectivity index (χ0n) is 10.0. The Balaban J connectivity index is 1.78. The van der Waals surface area contributed by atoms with E-state index in [2.05, 4.69) is 9.98 Å². The molecule has 1 saturated heterocycles. The van der Waals surface area contributed by atoms with Gasteiger partial charge in [0.1, 0.15) is 0 Å². The fourth-order valence-corrected chi connectivity index (χ4v) is 2.41. The summed E-state index contributed by atoms with van der Waals surface area (Å²) in [6.07, 6.45) is 4.86. The number of aliphatic imine (C=N–C) groups is 1. The average Bonchev–Trinajstić information content (AvgIpc) is 3.10. The Morgan fingerprint density at radius 1 is 1.33 bits per heavy atom. The van der Waals surface area contributed by atoms with Crippen LogP contribution >= 0.6 is 0 Å². The number of nitrogens with zero attached hydrogens (tertiary/aromatic N) is 3. The predicted octanol–water partition coefficient (Wildman–Crippen LogP) is 1.17. The van der Waals surface area contributed by atoms with Gasteiger partial charge in [0.15, 0.2) is 18.5 Å². The van der Waals surface area contributed by atoms with E-state index in [4.69, 9.17) is 4.74 Å². The minimum atomic E-state index is -0.474. The zero-order chi connectivity index (χ0) is 12.4. The van der Waals surface area contributed by atoms with E-state index in [9.17, 15) is 4.79 Å². The minimum absolute atomic E-state index is 0.0527. The van der Waals surface area contributed by atoms with Crippen LogP contribution in [0.5, 0.6) is 0 Å². The highest BCUT2D eigenvalue weighted by atomic mass is 16.5. The Kier molecular flexibility index (Phi) is 2.96. The van der Waals surface area contributed by atoms with Crippen LogP contribution in [0.2, 0.25) is 0 Å². The second kappa shape index (κ2) is 4.76. The van der Waals surface area contributed by atoms with Crippen LogP contribution in [0.4, 0.5) is 0 Å². The molecule has 5 heteroatoms. The maximum absolute atomic E-state index is 12.3. The van der Waals surface area contributed by atoms with E-state index in [1.54, 1.807) is 6.20 Å². The summed E-state index contributed by atoms with van der Waals surface area (Å²) in [4.78, 5) is 22.6. The summed E-state index contributed by atoms with van der Waals surface area (Å²) in [5.41, 5.74) is 0.757. The number of likely N-dealkylation sites (tertiary alicyclic amines) is 1. The number of ether oxygens (including phenoxy) is 1. The van der Waals surface area contributed by atoms with Crippen molar-refractivity contribution in [1.82, 2.24) is 9.88 Å². The molecular formula is C13H15N3O2. The van der Waals surface area contributed by atoms with Gasteiger partial charge in [-0.15, -0.1) is 0 Å². The third-order valence-electron chi connectivity index (χ3n) is 3.37. The van der Waals surface area contributed by atoms with Gasteiger partial charge in [-0.3, -0.25) is 9.78 Å². The molecule has 3 heterocycles. The van der Waals surface area contributed by atoms with Gasteiger partial charge in [0.25, 0.3) is 5.91 Å². The number of carbonyl (C=O) groups is 1. The predicted molar refractivity (Wildman–Crippen MR) is 66.2 cm³/mol. The normalized spacial score (nSPS) is 26.3. The molecular weight excluding hydrogens is 230 g/mol. The maximum Gasteiger partial charge on any atom is 0.251 e. The molecule has 94 valence electrons. The van der Waals surface area contributed by atoms with E-state index < -0.39 is 6.04 Å². The number of carbonyl (C=O) groups excluding carboxylic acids is 1. The SMILES string of the molecule is O=C([C@@H]1N=CO[C@H]1c1ccccn1)N1CCCC1. The number of hydrogen-bond acceptors (Lipinski definition) is 4. The number of aromatic nitrogens is 1. The van der Waals surface area contributed by atoms with Crippen molar-refractivity contribution in [2.45, 2.75) is 25.0 Å². The molecule has 0 radical (unpaired) electrons. The number of amides is 1. The van der Waals surface area contributed by atoms with Crippen LogP contribution in [-0.2, 0) is 9.53 Å². The Morgan fingerprint density at radius 3 is 2.89 bits per heavy atom. The van der Waals surface area contributed by atoms with Crippen molar-refractivity contribution >= 4 is 12.3 Å². The zero-order valence-corrected chi connectivity index (χ0v) is 10.0. The molecule has 2 atom stereocenters. The molecule has 0 bridgehead atoms. The Labute approximate surface area is 105 Å². The van der Waals surface area contributed by atoms with Crippen LogP contribution in [-0.4, -0.2) is 41.3 Å². The van der Waals surface area contributed by atoms with Crippen LogP contribution in [0.25, 0.3) is 0 Å². The van der Waals surface area contributed by atoms with Gasteiger partial charge in [0, 0.05) is 19.3 Å². The van der Waals surface area contributed by atoms with Gasteiger partial charge in [0.05, 0.1) is 5.69 Å². The summed E-state index contributed by atoms with van der Waals surface area (Å²) in [5, 5.41) is 0. The molecule has 0 saturated carbocycles. The molecule has 2 aliphatic rings. The number of pyridine rings is 1. The van der Waals surface area contributed by atoms with E-state index in [0.29, 0.717) is 0 Å². The molecule has 0 spiro atoms. The summed E-state index contributed by atoms with van der Waals surface area (Å²) >= 11 is 0. The summed E-state index contributed by atoms with van der Waals surface area (Å²) in [6.45, 7) is 1.67. The molecule has 18 heavy (non-hydrogen) atoms. The van der Waals surface area contributed by atoms with Crippen molar-refractivity contribution in [3.05, 3.63) is 30.1 Å². The van der Waals surface area contributed by atoms with E-state index in [1.807, 2.05) is 23.1 Å². The third-order valence-corrected chi connectivity index (χ3v) is 3.37. The lowest BCUT2D eigenvalue weighted by atomic mass is 10.1. The van der Waals surface area contributed by atoms with Crippen molar-refractivity contribution < 1.29 is 9.53 Å². The maximum atomic E-state index is 12.3. The highest BCUT2D eigenvalue weighted by Crippen LogP contribution is 2.27. The monoisotopic (exact) mass is 245 g/mol. The fourth-order valence-electron chi connectivity index (χ4n) is 2.41. The van der Waals surface area contributed by atoms with Crippen LogP contribution in [0.15, 0.2) is 29.4 Å². The molecule has 1 amide bonds. The molecule has 3 rings (SSSR count). The van der Waals surface area contributed by atoms with E-state index in [-0.39, 0.29) is 12.0 Å². The third kappa shape index (κ3) is 1.96. The van der Waals surface area contributed by atoms with Crippen molar-refractivity contribution in [1.29, 1.82) is 0 Å². The highest BCUT2D eigenvalue weighted by Gasteiger charge is 2.37. The van der Waals surface area contributed by atoms with Crippen molar-refractivity contribution in [3.63, 3.8) is 0 Å². The molecule has 0 unspecified atom stereocenters. The summed E-state index contributed by atoms with van der Waals surface area (Å²) in [7, 11) is 0. The topological polar surface area (TPSA) is 54.8 Å². The Hall–Kier alpha value is -1.91. The standard InChI is InChI=1S/C13H15N3O2/c17-13(16-7-3-4-8-16)11-12(18-9-15-11)10-5-1-2-6-14-10/h1-2,5-6,9,11-12H,3-4,7-8H2/t11-,12+/m1/s1. The van der Waals surface area contributed by atoms with E-state index in [0.717, 1.165) is 31.6 Å². The summed E-state index contributed by atoms with van der Waals surface area (Å²) < 4.78 is 5.43. The lowest BCUT2D eigenvalue weighted by molar-refractivity contribution is -0.133. The largest absolute Gasteiger partial charge is 0.471 e. The second-order valence-electron chi connectivity index (χ2n) is 4.54. The van der Waals surface area contributed by atoms with Crippen molar-refractivity contribution in [2.24, 2.45) is 4.99 Å². The first-order chi connectivity index (χ1) is 8.86. The van der Waals surface area contributed by atoms with Gasteiger partial charge in [-0.1, -0.05) is 6.07 Å². The molecule has 5 nitrogen and oxygen atoms in total. The Bertz CT molecular complexity index is 455. The van der Waals surface area contributed by atoms with Crippen LogP contribution in [0.3, 0.4) is 0 Å². The first-order valence-corrected chi connectivity index (χ1v) is 6.23. The van der Waals surface area contributed by atoms with Crippen LogP contribution in [0.1, 0.15) is 24.6 Å². The molecule has 1 fully saturated rings. The van der Waals surface area contributed by atoms with Gasteiger partial charge in [-0.05, 0) is 25.0 Å². The van der Waals surface area contributed by atoms with Gasteiger partial charge in [-0.25, -0.2) is 4.99 Å². The summed E-state index contributed by atoms with van der Waals surface area (Å²) in [6, 6.07) is 5.12. The first-order valence-electron chi connectivity index (χ1n) is 6.23. The number of hydrogen-bond donors (Lipinski definition) is 0. The lowest BCUT2D eigenvalue weighted by Crippen LogP contribution is -2.38. The van der Waals surface area contributed by atoms with Gasteiger partial charge in [0.2, 0.25) is 0 Å². The Morgan fingerprint density at radius 2 is 2.17 bits per heavy atom.